The van der Waals surface area contributed by atoms with E-state index in [0.717, 1.165) is 5.56 Å². The number of carbonyl (C=O) groups is 1. The number of carbonyl (C=O) groups excluding carboxylic acids is 1. The Bertz CT molecular complexity index is 1010. The number of hydrogen-bond donors (Lipinski definition) is 1. The van der Waals surface area contributed by atoms with Crippen LogP contribution in [0.15, 0.2) is 57.6 Å². The summed E-state index contributed by atoms with van der Waals surface area (Å²) in [5.74, 6) is 0.208. The Morgan fingerprint density at radius 2 is 1.96 bits per heavy atom. The Balaban J connectivity index is 1.70. The standard InChI is InChI=1S/C17H12N4O3/c1-10-12(20-15(22)14-7-8-18-24-14)9-13-17(19-10)23-16(21-13)11-5-3-2-4-6-11/h2-9H,1H3,(H,20,22). The lowest BCUT2D eigenvalue weighted by Gasteiger charge is -2.05. The quantitative estimate of drug-likeness (QED) is 0.621. The van der Waals surface area contributed by atoms with Crippen LogP contribution < -0.4 is 5.32 Å². The first kappa shape index (κ1) is 14.1. The van der Waals surface area contributed by atoms with Gasteiger partial charge in [-0.2, -0.15) is 0 Å². The molecule has 0 aliphatic heterocycles. The molecule has 3 aromatic heterocycles. The van der Waals surface area contributed by atoms with Crippen LogP contribution in [-0.2, 0) is 0 Å². The largest absolute Gasteiger partial charge is 0.418 e. The van der Waals surface area contributed by atoms with Gasteiger partial charge in [0.05, 0.1) is 17.6 Å². The molecule has 0 radical (unpaired) electrons. The highest BCUT2D eigenvalue weighted by Gasteiger charge is 2.15. The van der Waals surface area contributed by atoms with Gasteiger partial charge in [0, 0.05) is 11.6 Å². The molecule has 4 rings (SSSR count). The van der Waals surface area contributed by atoms with Crippen molar-refractivity contribution in [2.24, 2.45) is 0 Å². The van der Waals surface area contributed by atoms with E-state index in [1.165, 1.54) is 12.3 Å². The average Bonchev–Trinajstić information content (AvgIpc) is 3.25. The van der Waals surface area contributed by atoms with Crippen molar-refractivity contribution in [2.75, 3.05) is 5.32 Å². The number of oxazole rings is 1. The molecule has 0 saturated heterocycles. The number of fused-ring (bicyclic) bond motifs is 1. The molecule has 24 heavy (non-hydrogen) atoms. The van der Waals surface area contributed by atoms with Crippen LogP contribution in [0.1, 0.15) is 16.2 Å². The molecule has 0 spiro atoms. The van der Waals surface area contributed by atoms with Crippen molar-refractivity contribution in [2.45, 2.75) is 6.92 Å². The average molecular weight is 320 g/mol. The summed E-state index contributed by atoms with van der Waals surface area (Å²) < 4.78 is 10.5. The van der Waals surface area contributed by atoms with E-state index >= 15 is 0 Å². The fourth-order valence-electron chi connectivity index (χ4n) is 2.30. The van der Waals surface area contributed by atoms with Gasteiger partial charge in [-0.25, -0.2) is 9.97 Å². The topological polar surface area (TPSA) is 94.1 Å². The summed E-state index contributed by atoms with van der Waals surface area (Å²) in [5, 5.41) is 6.25. The maximum atomic E-state index is 12.1. The second-order valence-electron chi connectivity index (χ2n) is 5.16. The second-order valence-corrected chi connectivity index (χ2v) is 5.16. The molecular weight excluding hydrogens is 308 g/mol. The summed E-state index contributed by atoms with van der Waals surface area (Å²) in [4.78, 5) is 20.9. The van der Waals surface area contributed by atoms with E-state index in [9.17, 15) is 4.79 Å². The van der Waals surface area contributed by atoms with E-state index in [0.29, 0.717) is 28.5 Å². The van der Waals surface area contributed by atoms with Crippen LogP contribution >= 0.6 is 0 Å². The maximum Gasteiger partial charge on any atom is 0.294 e. The van der Waals surface area contributed by atoms with Gasteiger partial charge in [0.2, 0.25) is 17.4 Å². The number of nitrogens with one attached hydrogen (secondary N) is 1. The second kappa shape index (κ2) is 5.62. The van der Waals surface area contributed by atoms with E-state index < -0.39 is 5.91 Å². The number of anilines is 1. The highest BCUT2D eigenvalue weighted by atomic mass is 16.5. The Morgan fingerprint density at radius 1 is 1.12 bits per heavy atom. The van der Waals surface area contributed by atoms with Gasteiger partial charge in [-0.1, -0.05) is 23.4 Å². The van der Waals surface area contributed by atoms with E-state index in [-0.39, 0.29) is 5.76 Å². The van der Waals surface area contributed by atoms with Crippen molar-refractivity contribution in [3.8, 4) is 11.5 Å². The van der Waals surface area contributed by atoms with Crippen molar-refractivity contribution >= 4 is 22.8 Å². The molecule has 4 aromatic rings. The number of nitrogens with zero attached hydrogens (tertiary/aromatic N) is 3. The minimum atomic E-state index is -0.400. The molecule has 0 bridgehead atoms. The van der Waals surface area contributed by atoms with Crippen LogP contribution in [0.2, 0.25) is 0 Å². The predicted molar refractivity (Wildman–Crippen MR) is 86.4 cm³/mol. The summed E-state index contributed by atoms with van der Waals surface area (Å²) in [7, 11) is 0. The summed E-state index contributed by atoms with van der Waals surface area (Å²) in [6, 6.07) is 12.8. The smallest absolute Gasteiger partial charge is 0.294 e. The third-order valence-electron chi connectivity index (χ3n) is 3.51. The molecule has 3 heterocycles. The zero-order valence-corrected chi connectivity index (χ0v) is 12.7. The monoisotopic (exact) mass is 320 g/mol. The minimum Gasteiger partial charge on any atom is -0.418 e. The van der Waals surface area contributed by atoms with E-state index in [1.807, 2.05) is 30.3 Å². The van der Waals surface area contributed by atoms with Crippen molar-refractivity contribution in [3.05, 3.63) is 60.1 Å². The molecule has 0 aliphatic rings. The van der Waals surface area contributed by atoms with E-state index in [1.54, 1.807) is 13.0 Å². The Hall–Kier alpha value is -3.48. The number of pyridine rings is 1. The maximum absolute atomic E-state index is 12.1. The molecule has 1 aromatic carbocycles. The van der Waals surface area contributed by atoms with Gasteiger partial charge in [0.25, 0.3) is 5.91 Å². The molecule has 0 aliphatic carbocycles. The van der Waals surface area contributed by atoms with Gasteiger partial charge in [-0.15, -0.1) is 0 Å². The Labute approximate surface area is 136 Å². The van der Waals surface area contributed by atoms with Gasteiger partial charge in [-0.3, -0.25) is 4.79 Å². The highest BCUT2D eigenvalue weighted by Crippen LogP contribution is 2.26. The lowest BCUT2D eigenvalue weighted by molar-refractivity contribution is 0.0988. The van der Waals surface area contributed by atoms with Crippen molar-refractivity contribution in [1.29, 1.82) is 0 Å². The van der Waals surface area contributed by atoms with Crippen LogP contribution in [-0.4, -0.2) is 21.0 Å². The number of aromatic nitrogens is 3. The van der Waals surface area contributed by atoms with Crippen LogP contribution in [0.3, 0.4) is 0 Å². The van der Waals surface area contributed by atoms with Gasteiger partial charge < -0.3 is 14.3 Å². The SMILES string of the molecule is Cc1nc2oc(-c3ccccc3)nc2cc1NC(=O)c1ccno1. The van der Waals surface area contributed by atoms with E-state index in [2.05, 4.69) is 20.4 Å². The first-order valence-corrected chi connectivity index (χ1v) is 7.26. The van der Waals surface area contributed by atoms with Crippen molar-refractivity contribution < 1.29 is 13.7 Å². The van der Waals surface area contributed by atoms with Gasteiger partial charge in [0.1, 0.15) is 5.52 Å². The molecular formula is C17H12N4O3. The number of rotatable bonds is 3. The third-order valence-corrected chi connectivity index (χ3v) is 3.51. The number of hydrogen-bond acceptors (Lipinski definition) is 6. The zero-order chi connectivity index (χ0) is 16.5. The predicted octanol–water partition coefficient (Wildman–Crippen LogP) is 3.44. The molecule has 118 valence electrons. The molecule has 0 unspecified atom stereocenters. The summed E-state index contributed by atoms with van der Waals surface area (Å²) in [6.45, 7) is 1.78. The fraction of sp³-hybridized carbons (Fsp3) is 0.0588. The Kier molecular flexibility index (Phi) is 3.31. The highest BCUT2D eigenvalue weighted by molar-refractivity contribution is 6.03. The molecule has 0 atom stereocenters. The normalized spacial score (nSPS) is 10.9. The molecule has 0 fully saturated rings. The minimum absolute atomic E-state index is 0.125. The summed E-state index contributed by atoms with van der Waals surface area (Å²) in [5.41, 5.74) is 3.00. The summed E-state index contributed by atoms with van der Waals surface area (Å²) >= 11 is 0. The van der Waals surface area contributed by atoms with Crippen molar-refractivity contribution in [3.63, 3.8) is 0 Å². The van der Waals surface area contributed by atoms with Gasteiger partial charge in [-0.05, 0) is 25.1 Å². The van der Waals surface area contributed by atoms with Crippen molar-refractivity contribution in [1.82, 2.24) is 15.1 Å². The number of amides is 1. The summed E-state index contributed by atoms with van der Waals surface area (Å²) in [6.07, 6.45) is 1.41. The Morgan fingerprint density at radius 3 is 2.71 bits per heavy atom. The van der Waals surface area contributed by atoms with Crippen LogP contribution in [0, 0.1) is 6.92 Å². The lowest BCUT2D eigenvalue weighted by Crippen LogP contribution is -2.12. The molecule has 0 saturated carbocycles. The van der Waals surface area contributed by atoms with Gasteiger partial charge in [0.15, 0.2) is 0 Å². The van der Waals surface area contributed by atoms with Crippen LogP contribution in [0.5, 0.6) is 0 Å². The third kappa shape index (κ3) is 2.52. The first-order valence-electron chi connectivity index (χ1n) is 7.26. The molecule has 7 heteroatoms. The number of aryl methyl sites for hydroxylation is 1. The molecule has 1 amide bonds. The molecule has 7 nitrogen and oxygen atoms in total. The number of benzene rings is 1. The van der Waals surface area contributed by atoms with Gasteiger partial charge >= 0.3 is 0 Å². The van der Waals surface area contributed by atoms with E-state index in [4.69, 9.17) is 8.94 Å². The van der Waals surface area contributed by atoms with Crippen LogP contribution in [0.4, 0.5) is 5.69 Å². The zero-order valence-electron chi connectivity index (χ0n) is 12.7. The fourth-order valence-corrected chi connectivity index (χ4v) is 2.30. The lowest BCUT2D eigenvalue weighted by atomic mass is 10.2. The first-order chi connectivity index (χ1) is 11.7. The van der Waals surface area contributed by atoms with Crippen LogP contribution in [0.25, 0.3) is 22.7 Å². The molecule has 1 N–H and O–H groups in total.